The SMILES string of the molecule is N=c1ccc2c(O)ccc(C3CCCCC3)c2o1. The molecular formula is C15H17NO2. The molecule has 18 heavy (non-hydrogen) atoms. The summed E-state index contributed by atoms with van der Waals surface area (Å²) in [5.41, 5.74) is 1.98. The van der Waals surface area contributed by atoms with E-state index in [0.29, 0.717) is 16.9 Å². The van der Waals surface area contributed by atoms with Crippen LogP contribution in [0, 0.1) is 5.41 Å². The van der Waals surface area contributed by atoms with E-state index in [1.807, 2.05) is 6.07 Å². The van der Waals surface area contributed by atoms with Crippen molar-refractivity contribution in [1.82, 2.24) is 0 Å². The minimum atomic E-state index is 0.144. The van der Waals surface area contributed by atoms with Gasteiger partial charge < -0.3 is 9.52 Å². The minimum Gasteiger partial charge on any atom is -0.507 e. The van der Waals surface area contributed by atoms with E-state index in [4.69, 9.17) is 9.83 Å². The molecule has 3 heteroatoms. The number of nitrogens with one attached hydrogen (secondary N) is 1. The fraction of sp³-hybridized carbons (Fsp3) is 0.400. The van der Waals surface area contributed by atoms with Crippen LogP contribution in [0.3, 0.4) is 0 Å². The van der Waals surface area contributed by atoms with Gasteiger partial charge >= 0.3 is 0 Å². The van der Waals surface area contributed by atoms with Crippen LogP contribution >= 0.6 is 0 Å². The van der Waals surface area contributed by atoms with Gasteiger partial charge in [-0.2, -0.15) is 0 Å². The number of rotatable bonds is 1. The Morgan fingerprint density at radius 3 is 2.61 bits per heavy atom. The first-order valence-corrected chi connectivity index (χ1v) is 6.56. The maximum atomic E-state index is 9.86. The van der Waals surface area contributed by atoms with Crippen molar-refractivity contribution in [3.63, 3.8) is 0 Å². The largest absolute Gasteiger partial charge is 0.507 e. The first-order valence-electron chi connectivity index (χ1n) is 6.56. The highest BCUT2D eigenvalue weighted by Crippen LogP contribution is 2.38. The number of benzene rings is 1. The molecule has 2 aromatic rings. The highest BCUT2D eigenvalue weighted by molar-refractivity contribution is 5.86. The lowest BCUT2D eigenvalue weighted by Crippen LogP contribution is -2.06. The van der Waals surface area contributed by atoms with Gasteiger partial charge in [-0.1, -0.05) is 25.3 Å². The molecular weight excluding hydrogens is 226 g/mol. The Hall–Kier alpha value is -1.77. The summed E-state index contributed by atoms with van der Waals surface area (Å²) >= 11 is 0. The molecule has 0 amide bonds. The normalized spacial score (nSPS) is 17.1. The lowest BCUT2D eigenvalue weighted by molar-refractivity contribution is 0.435. The third kappa shape index (κ3) is 1.90. The second-order valence-electron chi connectivity index (χ2n) is 5.05. The van der Waals surface area contributed by atoms with Crippen LogP contribution in [0.2, 0.25) is 0 Å². The molecule has 94 valence electrons. The van der Waals surface area contributed by atoms with Gasteiger partial charge in [0, 0.05) is 6.07 Å². The maximum Gasteiger partial charge on any atom is 0.211 e. The Labute approximate surface area is 106 Å². The molecule has 0 saturated heterocycles. The van der Waals surface area contributed by atoms with Crippen LogP contribution in [0.4, 0.5) is 0 Å². The molecule has 1 aromatic heterocycles. The lowest BCUT2D eigenvalue weighted by atomic mass is 9.83. The first kappa shape index (κ1) is 11.3. The van der Waals surface area contributed by atoms with E-state index in [-0.39, 0.29) is 11.3 Å². The van der Waals surface area contributed by atoms with Crippen LogP contribution in [-0.4, -0.2) is 5.11 Å². The Morgan fingerprint density at radius 2 is 1.83 bits per heavy atom. The zero-order valence-electron chi connectivity index (χ0n) is 10.3. The zero-order valence-corrected chi connectivity index (χ0v) is 10.3. The second kappa shape index (κ2) is 4.48. The number of hydrogen-bond donors (Lipinski definition) is 2. The van der Waals surface area contributed by atoms with Crippen molar-refractivity contribution in [1.29, 1.82) is 5.41 Å². The van der Waals surface area contributed by atoms with Gasteiger partial charge in [-0.3, -0.25) is 5.41 Å². The molecule has 2 N–H and O–H groups in total. The van der Waals surface area contributed by atoms with E-state index in [0.717, 1.165) is 5.56 Å². The first-order chi connectivity index (χ1) is 8.75. The smallest absolute Gasteiger partial charge is 0.211 e. The van der Waals surface area contributed by atoms with Crippen molar-refractivity contribution in [3.8, 4) is 5.75 Å². The van der Waals surface area contributed by atoms with Crippen molar-refractivity contribution in [2.45, 2.75) is 38.0 Å². The van der Waals surface area contributed by atoms with Gasteiger partial charge in [0.15, 0.2) is 0 Å². The van der Waals surface area contributed by atoms with Gasteiger partial charge in [0.05, 0.1) is 5.39 Å². The average molecular weight is 243 g/mol. The fourth-order valence-electron chi connectivity index (χ4n) is 2.92. The van der Waals surface area contributed by atoms with E-state index in [1.165, 1.54) is 32.1 Å². The van der Waals surface area contributed by atoms with Crippen LogP contribution in [0.15, 0.2) is 28.7 Å². The van der Waals surface area contributed by atoms with E-state index in [1.54, 1.807) is 18.2 Å². The summed E-state index contributed by atoms with van der Waals surface area (Å²) in [6.07, 6.45) is 6.18. The molecule has 1 aliphatic rings. The van der Waals surface area contributed by atoms with Crippen molar-refractivity contribution in [2.75, 3.05) is 0 Å². The van der Waals surface area contributed by atoms with Crippen molar-refractivity contribution >= 4 is 11.0 Å². The van der Waals surface area contributed by atoms with Crippen LogP contribution in [0.25, 0.3) is 11.0 Å². The summed E-state index contributed by atoms with van der Waals surface area (Å²) in [7, 11) is 0. The fourth-order valence-corrected chi connectivity index (χ4v) is 2.92. The average Bonchev–Trinajstić information content (AvgIpc) is 2.40. The maximum absolute atomic E-state index is 9.86. The van der Waals surface area contributed by atoms with Gasteiger partial charge in [0.25, 0.3) is 0 Å². The molecule has 3 nitrogen and oxygen atoms in total. The molecule has 0 unspecified atom stereocenters. The Balaban J connectivity index is 2.19. The minimum absolute atomic E-state index is 0.144. The molecule has 0 radical (unpaired) electrons. The lowest BCUT2D eigenvalue weighted by Gasteiger charge is -2.22. The number of hydrogen-bond acceptors (Lipinski definition) is 3. The van der Waals surface area contributed by atoms with E-state index >= 15 is 0 Å². The van der Waals surface area contributed by atoms with Crippen LogP contribution < -0.4 is 5.55 Å². The van der Waals surface area contributed by atoms with E-state index in [2.05, 4.69) is 0 Å². The molecule has 1 aromatic carbocycles. The predicted molar refractivity (Wildman–Crippen MR) is 69.6 cm³/mol. The third-order valence-corrected chi connectivity index (χ3v) is 3.86. The molecule has 0 bridgehead atoms. The van der Waals surface area contributed by atoms with Gasteiger partial charge in [0.2, 0.25) is 5.55 Å². The third-order valence-electron chi connectivity index (χ3n) is 3.86. The molecule has 1 fully saturated rings. The molecule has 1 heterocycles. The summed E-state index contributed by atoms with van der Waals surface area (Å²) in [4.78, 5) is 0. The number of fused-ring (bicyclic) bond motifs is 1. The molecule has 1 saturated carbocycles. The van der Waals surface area contributed by atoms with Gasteiger partial charge in [-0.25, -0.2) is 0 Å². The highest BCUT2D eigenvalue weighted by atomic mass is 16.3. The highest BCUT2D eigenvalue weighted by Gasteiger charge is 2.19. The number of phenols is 1. The van der Waals surface area contributed by atoms with Crippen molar-refractivity contribution in [2.24, 2.45) is 0 Å². The molecule has 3 rings (SSSR count). The summed E-state index contributed by atoms with van der Waals surface area (Å²) < 4.78 is 5.53. The molecule has 0 aliphatic heterocycles. The molecule has 1 aliphatic carbocycles. The Morgan fingerprint density at radius 1 is 1.06 bits per heavy atom. The second-order valence-corrected chi connectivity index (χ2v) is 5.05. The summed E-state index contributed by atoms with van der Waals surface area (Å²) in [5.74, 6) is 0.737. The summed E-state index contributed by atoms with van der Waals surface area (Å²) in [5, 5.41) is 18.2. The van der Waals surface area contributed by atoms with Gasteiger partial charge in [0.1, 0.15) is 11.3 Å². The van der Waals surface area contributed by atoms with Crippen LogP contribution in [0.5, 0.6) is 5.75 Å². The monoisotopic (exact) mass is 243 g/mol. The summed E-state index contributed by atoms with van der Waals surface area (Å²) in [6, 6.07) is 7.04. The number of phenolic OH excluding ortho intramolecular Hbond substituents is 1. The van der Waals surface area contributed by atoms with Gasteiger partial charge in [-0.15, -0.1) is 0 Å². The van der Waals surface area contributed by atoms with Crippen LogP contribution in [0.1, 0.15) is 43.6 Å². The van der Waals surface area contributed by atoms with Crippen molar-refractivity contribution < 1.29 is 9.52 Å². The predicted octanol–water partition coefficient (Wildman–Crippen LogP) is 3.67. The van der Waals surface area contributed by atoms with Crippen LogP contribution in [-0.2, 0) is 0 Å². The summed E-state index contributed by atoms with van der Waals surface area (Å²) in [6.45, 7) is 0. The standard InChI is InChI=1S/C15H17NO2/c16-14-9-7-12-13(17)8-6-11(15(12)18-14)10-4-2-1-3-5-10/h6-10,16-17H,1-5H2. The van der Waals surface area contributed by atoms with Gasteiger partial charge in [-0.05, 0) is 36.5 Å². The Kier molecular flexibility index (Phi) is 2.82. The zero-order chi connectivity index (χ0) is 12.5. The van der Waals surface area contributed by atoms with E-state index < -0.39 is 0 Å². The topological polar surface area (TPSA) is 57.2 Å². The Bertz CT molecular complexity index is 624. The van der Waals surface area contributed by atoms with E-state index in [9.17, 15) is 5.11 Å². The number of aromatic hydroxyl groups is 1. The quantitative estimate of drug-likeness (QED) is 0.803. The molecule has 0 spiro atoms. The van der Waals surface area contributed by atoms with Crippen molar-refractivity contribution in [3.05, 3.63) is 35.4 Å². The molecule has 0 atom stereocenters.